The zero-order chi connectivity index (χ0) is 24.3. The molecule has 2 heterocycles. The highest BCUT2D eigenvalue weighted by atomic mass is 19.1. The van der Waals surface area contributed by atoms with Crippen LogP contribution in [0.25, 0.3) is 11.0 Å². The monoisotopic (exact) mass is 459 g/mol. The van der Waals surface area contributed by atoms with Crippen LogP contribution < -0.4 is 16.6 Å². The van der Waals surface area contributed by atoms with Gasteiger partial charge in [-0.3, -0.25) is 19.4 Å². The Morgan fingerprint density at radius 1 is 1.21 bits per heavy atom. The number of benzene rings is 1. The smallest absolute Gasteiger partial charge is 0.326 e. The van der Waals surface area contributed by atoms with Crippen molar-refractivity contribution in [1.29, 1.82) is 0 Å². The van der Waals surface area contributed by atoms with Gasteiger partial charge in [0.05, 0.1) is 10.9 Å². The number of H-pyrrole nitrogens is 2. The molecule has 0 saturated heterocycles. The second-order valence-electron chi connectivity index (χ2n) is 7.51. The normalized spacial score (nSPS) is 11.9. The molecular formula is C21H22FN5O6. The first-order valence-corrected chi connectivity index (χ1v) is 9.97. The fourth-order valence-electron chi connectivity index (χ4n) is 3.54. The van der Waals surface area contributed by atoms with Crippen molar-refractivity contribution in [2.24, 2.45) is 0 Å². The van der Waals surface area contributed by atoms with Crippen molar-refractivity contribution in [2.75, 3.05) is 5.73 Å². The Labute approximate surface area is 185 Å². The molecule has 0 saturated carbocycles. The fourth-order valence-corrected chi connectivity index (χ4v) is 3.54. The standard InChI is InChI=1S/C21H22FN5O6/c1-9-11(16-17(24-9)26-21(23)27-19(16)31)4-2-10-3-5-12(13(22)8-10)18(30)25-14(20(32)33)6-7-15(28)29/h3,5,8,14H,2,4,6-7H2,1H3,(H,25,30)(H,28,29)(H,32,33)(H4,23,24,26,27,31)/t14-/m0/s1. The van der Waals surface area contributed by atoms with Crippen molar-refractivity contribution in [3.8, 4) is 0 Å². The zero-order valence-corrected chi connectivity index (χ0v) is 17.6. The average molecular weight is 459 g/mol. The van der Waals surface area contributed by atoms with Gasteiger partial charge in [-0.1, -0.05) is 6.07 Å². The number of halogens is 1. The van der Waals surface area contributed by atoms with Gasteiger partial charge in [0.25, 0.3) is 11.5 Å². The van der Waals surface area contributed by atoms with Crippen molar-refractivity contribution in [3.63, 3.8) is 0 Å². The number of hydrogen-bond acceptors (Lipinski definition) is 6. The number of aliphatic carboxylic acids is 2. The number of aromatic amines is 2. The van der Waals surface area contributed by atoms with E-state index in [1.54, 1.807) is 6.92 Å². The molecule has 33 heavy (non-hydrogen) atoms. The number of nitrogens with one attached hydrogen (secondary N) is 3. The predicted octanol–water partition coefficient (Wildman–Crippen LogP) is 1.11. The molecule has 0 unspecified atom stereocenters. The summed E-state index contributed by atoms with van der Waals surface area (Å²) in [5.74, 6) is -4.45. The summed E-state index contributed by atoms with van der Waals surface area (Å²) in [6, 6.07) is 2.45. The first kappa shape index (κ1) is 23.4. The number of amides is 1. The minimum absolute atomic E-state index is 0.00988. The summed E-state index contributed by atoms with van der Waals surface area (Å²) in [7, 11) is 0. The third kappa shape index (κ3) is 5.34. The lowest BCUT2D eigenvalue weighted by molar-refractivity contribution is -0.140. The van der Waals surface area contributed by atoms with Crippen LogP contribution in [0.5, 0.6) is 0 Å². The average Bonchev–Trinajstić information content (AvgIpc) is 3.04. The van der Waals surface area contributed by atoms with Crippen molar-refractivity contribution in [3.05, 3.63) is 56.8 Å². The van der Waals surface area contributed by atoms with E-state index in [1.165, 1.54) is 12.1 Å². The number of carbonyl (C=O) groups excluding carboxylic acids is 1. The molecule has 0 aliphatic carbocycles. The Kier molecular flexibility index (Phi) is 6.75. The van der Waals surface area contributed by atoms with E-state index >= 15 is 0 Å². The van der Waals surface area contributed by atoms with E-state index < -0.39 is 36.1 Å². The number of fused-ring (bicyclic) bond motifs is 1. The number of anilines is 1. The van der Waals surface area contributed by atoms with E-state index in [9.17, 15) is 23.6 Å². The number of rotatable bonds is 9. The molecule has 0 bridgehead atoms. The second kappa shape index (κ2) is 9.51. The van der Waals surface area contributed by atoms with Crippen LogP contribution in [-0.4, -0.2) is 49.1 Å². The van der Waals surface area contributed by atoms with Crippen LogP contribution >= 0.6 is 0 Å². The maximum absolute atomic E-state index is 14.6. The van der Waals surface area contributed by atoms with Crippen molar-refractivity contribution < 1.29 is 29.0 Å². The summed E-state index contributed by atoms with van der Waals surface area (Å²) < 4.78 is 14.6. The van der Waals surface area contributed by atoms with Gasteiger partial charge < -0.3 is 26.2 Å². The molecular weight excluding hydrogens is 437 g/mol. The van der Waals surface area contributed by atoms with Crippen molar-refractivity contribution in [1.82, 2.24) is 20.3 Å². The summed E-state index contributed by atoms with van der Waals surface area (Å²) >= 11 is 0. The van der Waals surface area contributed by atoms with Gasteiger partial charge >= 0.3 is 11.9 Å². The summed E-state index contributed by atoms with van der Waals surface area (Å²) in [6.07, 6.45) is -0.0504. The van der Waals surface area contributed by atoms with Crippen LogP contribution in [0.2, 0.25) is 0 Å². The number of nitrogens with zero attached hydrogens (tertiary/aromatic N) is 1. The lowest BCUT2D eigenvalue weighted by Gasteiger charge is -2.14. The summed E-state index contributed by atoms with van der Waals surface area (Å²) in [5.41, 5.74) is 7.17. The molecule has 1 atom stereocenters. The topological polar surface area (TPSA) is 191 Å². The highest BCUT2D eigenvalue weighted by Gasteiger charge is 2.23. The van der Waals surface area contributed by atoms with Gasteiger partial charge in [-0.25, -0.2) is 9.18 Å². The van der Waals surface area contributed by atoms with Gasteiger partial charge in [0.2, 0.25) is 5.95 Å². The van der Waals surface area contributed by atoms with Crippen LogP contribution in [0.1, 0.15) is 40.0 Å². The third-order valence-electron chi connectivity index (χ3n) is 5.19. The number of hydrogen-bond donors (Lipinski definition) is 6. The second-order valence-corrected chi connectivity index (χ2v) is 7.51. The molecule has 12 heteroatoms. The van der Waals surface area contributed by atoms with E-state index in [1.807, 2.05) is 0 Å². The third-order valence-corrected chi connectivity index (χ3v) is 5.19. The van der Waals surface area contributed by atoms with Crippen LogP contribution in [0.15, 0.2) is 23.0 Å². The Balaban J connectivity index is 1.73. The van der Waals surface area contributed by atoms with Gasteiger partial charge in [-0.2, -0.15) is 4.98 Å². The Morgan fingerprint density at radius 2 is 1.94 bits per heavy atom. The first-order valence-electron chi connectivity index (χ1n) is 9.97. The van der Waals surface area contributed by atoms with Crippen molar-refractivity contribution in [2.45, 2.75) is 38.6 Å². The number of carboxylic acids is 2. The van der Waals surface area contributed by atoms with Crippen LogP contribution in [0.3, 0.4) is 0 Å². The zero-order valence-electron chi connectivity index (χ0n) is 17.6. The molecule has 0 aliphatic heterocycles. The van der Waals surface area contributed by atoms with Crippen LogP contribution in [0.4, 0.5) is 10.3 Å². The van der Waals surface area contributed by atoms with Gasteiger partial charge in [0.15, 0.2) is 0 Å². The minimum Gasteiger partial charge on any atom is -0.481 e. The highest BCUT2D eigenvalue weighted by molar-refractivity contribution is 5.97. The van der Waals surface area contributed by atoms with Crippen molar-refractivity contribution >= 4 is 34.8 Å². The molecule has 1 amide bonds. The quantitative estimate of drug-likeness (QED) is 0.274. The molecule has 11 nitrogen and oxygen atoms in total. The molecule has 7 N–H and O–H groups in total. The van der Waals surface area contributed by atoms with Gasteiger partial charge in [-0.15, -0.1) is 0 Å². The van der Waals surface area contributed by atoms with E-state index in [2.05, 4.69) is 20.3 Å². The molecule has 0 spiro atoms. The van der Waals surface area contributed by atoms with Gasteiger partial charge in [0, 0.05) is 12.1 Å². The molecule has 0 fully saturated rings. The van der Waals surface area contributed by atoms with Gasteiger partial charge in [0.1, 0.15) is 17.5 Å². The Hall–Kier alpha value is -4.22. The largest absolute Gasteiger partial charge is 0.481 e. The number of carboxylic acid groups (broad SMARTS) is 2. The lowest BCUT2D eigenvalue weighted by Crippen LogP contribution is -2.41. The van der Waals surface area contributed by atoms with Crippen LogP contribution in [0, 0.1) is 12.7 Å². The molecule has 0 radical (unpaired) electrons. The van der Waals surface area contributed by atoms with E-state index in [-0.39, 0.29) is 23.5 Å². The van der Waals surface area contributed by atoms with E-state index in [0.717, 1.165) is 11.8 Å². The van der Waals surface area contributed by atoms with E-state index in [0.29, 0.717) is 35.0 Å². The molecule has 0 aliphatic rings. The maximum atomic E-state index is 14.6. The number of aryl methyl sites for hydroxylation is 3. The SMILES string of the molecule is Cc1[nH]c2nc(N)[nH]c(=O)c2c1CCc1ccc(C(=O)N[C@@H](CCC(=O)O)C(=O)O)c(F)c1. The van der Waals surface area contributed by atoms with Crippen LogP contribution in [-0.2, 0) is 22.4 Å². The Morgan fingerprint density at radius 3 is 2.58 bits per heavy atom. The molecule has 3 rings (SSSR count). The Bertz CT molecular complexity index is 1300. The first-order chi connectivity index (χ1) is 15.6. The number of aromatic nitrogens is 3. The maximum Gasteiger partial charge on any atom is 0.326 e. The predicted molar refractivity (Wildman–Crippen MR) is 115 cm³/mol. The molecule has 3 aromatic rings. The highest BCUT2D eigenvalue weighted by Crippen LogP contribution is 2.21. The lowest BCUT2D eigenvalue weighted by atomic mass is 10.0. The molecule has 174 valence electrons. The summed E-state index contributed by atoms with van der Waals surface area (Å²) in [6.45, 7) is 1.78. The molecule has 2 aromatic heterocycles. The number of nitrogen functional groups attached to an aromatic ring is 1. The summed E-state index contributed by atoms with van der Waals surface area (Å²) in [4.78, 5) is 56.0. The minimum atomic E-state index is -1.46. The fraction of sp³-hybridized carbons (Fsp3) is 0.286. The molecule has 1 aromatic carbocycles. The van der Waals surface area contributed by atoms with Gasteiger partial charge in [-0.05, 0) is 49.4 Å². The number of carbonyl (C=O) groups is 3. The summed E-state index contributed by atoms with van der Waals surface area (Å²) in [5, 5.41) is 20.4. The van der Waals surface area contributed by atoms with E-state index in [4.69, 9.17) is 15.9 Å². The number of nitrogens with two attached hydrogens (primary N) is 1.